The van der Waals surface area contributed by atoms with Crippen molar-refractivity contribution in [1.82, 2.24) is 19.6 Å². The summed E-state index contributed by atoms with van der Waals surface area (Å²) in [7, 11) is 0. The molecule has 27 heavy (non-hydrogen) atoms. The topological polar surface area (TPSA) is 49.6 Å². The first-order valence-corrected chi connectivity index (χ1v) is 9.60. The highest BCUT2D eigenvalue weighted by molar-refractivity contribution is 7.20. The summed E-state index contributed by atoms with van der Waals surface area (Å²) in [5, 5.41) is 5.63. The fourth-order valence-corrected chi connectivity index (χ4v) is 4.25. The molecular formula is C19H17FN6S. The number of hydrogen-bond acceptors (Lipinski definition) is 6. The lowest BCUT2D eigenvalue weighted by atomic mass is 10.2. The Morgan fingerprint density at radius 3 is 2.52 bits per heavy atom. The Hall–Kier alpha value is -3.00. The van der Waals surface area contributed by atoms with Crippen LogP contribution in [0.15, 0.2) is 55.0 Å². The van der Waals surface area contributed by atoms with Gasteiger partial charge in [0, 0.05) is 44.1 Å². The molecule has 1 aliphatic rings. The summed E-state index contributed by atoms with van der Waals surface area (Å²) in [6, 6.07) is 10.8. The van der Waals surface area contributed by atoms with Crippen LogP contribution >= 0.6 is 11.3 Å². The van der Waals surface area contributed by atoms with Gasteiger partial charge >= 0.3 is 0 Å². The first-order valence-electron chi connectivity index (χ1n) is 8.79. The number of benzene rings is 1. The van der Waals surface area contributed by atoms with Crippen LogP contribution < -0.4 is 9.80 Å². The maximum absolute atomic E-state index is 14.0. The third kappa shape index (κ3) is 3.02. The summed E-state index contributed by atoms with van der Waals surface area (Å²) in [5.74, 6) is -0.165. The lowest BCUT2D eigenvalue weighted by Crippen LogP contribution is -2.46. The van der Waals surface area contributed by atoms with Gasteiger partial charge in [0.15, 0.2) is 0 Å². The number of piperazine rings is 1. The fourth-order valence-electron chi connectivity index (χ4n) is 3.32. The molecule has 1 aliphatic heterocycles. The number of rotatable bonds is 3. The van der Waals surface area contributed by atoms with Gasteiger partial charge in [-0.25, -0.2) is 13.9 Å². The van der Waals surface area contributed by atoms with Gasteiger partial charge in [0.2, 0.25) is 10.1 Å². The molecule has 136 valence electrons. The van der Waals surface area contributed by atoms with Crippen LogP contribution in [0.25, 0.3) is 16.2 Å². The fraction of sp³-hybridized carbons (Fsp3) is 0.211. The molecule has 0 bridgehead atoms. The molecule has 3 aromatic heterocycles. The molecule has 0 radical (unpaired) electrons. The number of para-hydroxylation sites is 1. The monoisotopic (exact) mass is 380 g/mol. The molecule has 0 amide bonds. The molecule has 1 aromatic carbocycles. The number of nitrogens with zero attached hydrogens (tertiary/aromatic N) is 6. The standard InChI is InChI=1S/C19H17FN6S/c20-15-5-1-2-6-17(15)24-8-10-25(11-9-24)19-23-26-13-16(22-18(26)27-19)14-4-3-7-21-12-14/h1-7,12-13H,8-11H2. The number of hydrogen-bond donors (Lipinski definition) is 0. The number of anilines is 2. The molecule has 8 heteroatoms. The summed E-state index contributed by atoms with van der Waals surface area (Å²) in [6.45, 7) is 3.15. The molecule has 0 N–H and O–H groups in total. The molecule has 5 rings (SSSR count). The number of halogens is 1. The second-order valence-electron chi connectivity index (χ2n) is 6.41. The van der Waals surface area contributed by atoms with Gasteiger partial charge in [-0.2, -0.15) is 0 Å². The molecule has 0 atom stereocenters. The van der Waals surface area contributed by atoms with Crippen LogP contribution in [0.4, 0.5) is 15.2 Å². The number of imidazole rings is 1. The second-order valence-corrected chi connectivity index (χ2v) is 7.34. The van der Waals surface area contributed by atoms with Gasteiger partial charge in [0.05, 0.1) is 17.6 Å². The Morgan fingerprint density at radius 2 is 1.78 bits per heavy atom. The van der Waals surface area contributed by atoms with E-state index in [9.17, 15) is 4.39 Å². The molecule has 0 spiro atoms. The number of fused-ring (bicyclic) bond motifs is 1. The maximum Gasteiger partial charge on any atom is 0.214 e. The first kappa shape index (κ1) is 16.2. The van der Waals surface area contributed by atoms with Crippen LogP contribution in [-0.4, -0.2) is 45.8 Å². The van der Waals surface area contributed by atoms with Crippen LogP contribution in [-0.2, 0) is 0 Å². The number of pyridine rings is 1. The average Bonchev–Trinajstić information content (AvgIpc) is 3.29. The van der Waals surface area contributed by atoms with Gasteiger partial charge in [0.25, 0.3) is 0 Å². The summed E-state index contributed by atoms with van der Waals surface area (Å²) in [5.41, 5.74) is 2.53. The minimum Gasteiger partial charge on any atom is -0.366 e. The van der Waals surface area contributed by atoms with Gasteiger partial charge in [0.1, 0.15) is 5.82 Å². The van der Waals surface area contributed by atoms with E-state index in [2.05, 4.69) is 24.9 Å². The zero-order chi connectivity index (χ0) is 18.2. The molecule has 0 saturated carbocycles. The summed E-state index contributed by atoms with van der Waals surface area (Å²) < 4.78 is 15.8. The molecule has 0 aliphatic carbocycles. The third-order valence-electron chi connectivity index (χ3n) is 4.73. The van der Waals surface area contributed by atoms with Crippen LogP contribution in [0.2, 0.25) is 0 Å². The third-order valence-corrected chi connectivity index (χ3v) is 5.72. The minimum atomic E-state index is -0.165. The first-order chi connectivity index (χ1) is 13.3. The van der Waals surface area contributed by atoms with Crippen molar-refractivity contribution in [2.24, 2.45) is 0 Å². The van der Waals surface area contributed by atoms with E-state index in [1.807, 2.05) is 35.0 Å². The Bertz CT molecular complexity index is 1040. The predicted octanol–water partition coefficient (Wildman–Crippen LogP) is 3.32. The molecular weight excluding hydrogens is 363 g/mol. The summed E-state index contributed by atoms with van der Waals surface area (Å²) >= 11 is 1.57. The number of aromatic nitrogens is 4. The van der Waals surface area contributed by atoms with Crippen molar-refractivity contribution in [2.75, 3.05) is 36.0 Å². The lowest BCUT2D eigenvalue weighted by molar-refractivity contribution is 0.596. The molecule has 0 unspecified atom stereocenters. The summed E-state index contributed by atoms with van der Waals surface area (Å²) in [6.07, 6.45) is 5.48. The van der Waals surface area contributed by atoms with Gasteiger partial charge in [-0.15, -0.1) is 5.10 Å². The van der Waals surface area contributed by atoms with Gasteiger partial charge in [-0.3, -0.25) is 4.98 Å². The quantitative estimate of drug-likeness (QED) is 0.546. The maximum atomic E-state index is 14.0. The summed E-state index contributed by atoms with van der Waals surface area (Å²) in [4.78, 5) is 14.0. The smallest absolute Gasteiger partial charge is 0.214 e. The van der Waals surface area contributed by atoms with E-state index in [1.54, 1.807) is 29.8 Å². The minimum absolute atomic E-state index is 0.165. The zero-order valence-electron chi connectivity index (χ0n) is 14.5. The van der Waals surface area contributed by atoms with Crippen molar-refractivity contribution >= 4 is 27.1 Å². The van der Waals surface area contributed by atoms with E-state index in [1.165, 1.54) is 6.07 Å². The molecule has 4 aromatic rings. The van der Waals surface area contributed by atoms with Crippen LogP contribution in [0.1, 0.15) is 0 Å². The van der Waals surface area contributed by atoms with Gasteiger partial charge < -0.3 is 9.80 Å². The lowest BCUT2D eigenvalue weighted by Gasteiger charge is -2.35. The largest absolute Gasteiger partial charge is 0.366 e. The molecule has 1 fully saturated rings. The van der Waals surface area contributed by atoms with Crippen molar-refractivity contribution in [1.29, 1.82) is 0 Å². The normalized spacial score (nSPS) is 14.9. The van der Waals surface area contributed by atoms with Crippen molar-refractivity contribution in [3.63, 3.8) is 0 Å². The van der Waals surface area contributed by atoms with Gasteiger partial charge in [-0.05, 0) is 24.3 Å². The van der Waals surface area contributed by atoms with E-state index in [-0.39, 0.29) is 5.82 Å². The highest BCUT2D eigenvalue weighted by Gasteiger charge is 2.22. The van der Waals surface area contributed by atoms with Crippen LogP contribution in [0, 0.1) is 5.82 Å². The van der Waals surface area contributed by atoms with Crippen molar-refractivity contribution in [3.05, 3.63) is 60.8 Å². The van der Waals surface area contributed by atoms with E-state index in [0.717, 1.165) is 47.5 Å². The Labute approximate surface area is 159 Å². The molecule has 1 saturated heterocycles. The second kappa shape index (κ2) is 6.62. The zero-order valence-corrected chi connectivity index (χ0v) is 15.3. The molecule has 4 heterocycles. The highest BCUT2D eigenvalue weighted by Crippen LogP contribution is 2.28. The van der Waals surface area contributed by atoms with Crippen molar-refractivity contribution in [3.8, 4) is 11.3 Å². The van der Waals surface area contributed by atoms with Gasteiger partial charge in [-0.1, -0.05) is 23.5 Å². The Morgan fingerprint density at radius 1 is 0.963 bits per heavy atom. The Balaban J connectivity index is 1.32. The van der Waals surface area contributed by atoms with Crippen LogP contribution in [0.3, 0.4) is 0 Å². The molecule has 6 nitrogen and oxygen atoms in total. The highest BCUT2D eigenvalue weighted by atomic mass is 32.1. The SMILES string of the molecule is Fc1ccccc1N1CCN(c2nn3cc(-c4cccnc4)nc3s2)CC1. The predicted molar refractivity (Wildman–Crippen MR) is 105 cm³/mol. The van der Waals surface area contributed by atoms with E-state index >= 15 is 0 Å². The van der Waals surface area contributed by atoms with Crippen molar-refractivity contribution in [2.45, 2.75) is 0 Å². The van der Waals surface area contributed by atoms with E-state index in [4.69, 9.17) is 0 Å². The van der Waals surface area contributed by atoms with E-state index in [0.29, 0.717) is 5.69 Å². The van der Waals surface area contributed by atoms with E-state index < -0.39 is 0 Å². The van der Waals surface area contributed by atoms with Crippen LogP contribution in [0.5, 0.6) is 0 Å². The Kier molecular flexibility index (Phi) is 3.97. The van der Waals surface area contributed by atoms with Crippen molar-refractivity contribution < 1.29 is 4.39 Å². The average molecular weight is 380 g/mol.